The molecule has 0 spiro atoms. The van der Waals surface area contributed by atoms with Crippen LogP contribution in [0.2, 0.25) is 0 Å². The molecule has 0 aliphatic rings. The number of hydrogen-bond acceptors (Lipinski definition) is 8. The number of furan rings is 1. The summed E-state index contributed by atoms with van der Waals surface area (Å²) >= 11 is 0. The van der Waals surface area contributed by atoms with E-state index in [4.69, 9.17) is 18.0 Å². The number of nitrogens with zero attached hydrogens (tertiary/aromatic N) is 5. The zero-order valence-electron chi connectivity index (χ0n) is 22.6. The minimum Gasteiger partial charge on any atom is -0.451 e. The van der Waals surface area contributed by atoms with Gasteiger partial charge in [0.25, 0.3) is 5.91 Å². The Morgan fingerprint density at radius 1 is 1.05 bits per heavy atom. The van der Waals surface area contributed by atoms with Gasteiger partial charge in [-0.05, 0) is 65.8 Å². The molecule has 0 fully saturated rings. The Balaban J connectivity index is 1.41. The highest BCUT2D eigenvalue weighted by Crippen LogP contribution is 2.47. The van der Waals surface area contributed by atoms with Gasteiger partial charge < -0.3 is 18.8 Å². The van der Waals surface area contributed by atoms with Crippen LogP contribution < -0.4 is 5.32 Å². The van der Waals surface area contributed by atoms with Gasteiger partial charge in [0.15, 0.2) is 5.76 Å². The van der Waals surface area contributed by atoms with E-state index in [0.29, 0.717) is 28.4 Å². The van der Waals surface area contributed by atoms with Crippen LogP contribution in [0, 0.1) is 0 Å². The van der Waals surface area contributed by atoms with Gasteiger partial charge in [-0.25, -0.2) is 4.68 Å². The zero-order chi connectivity index (χ0) is 27.5. The fourth-order valence-corrected chi connectivity index (χ4v) is 4.51. The van der Waals surface area contributed by atoms with Gasteiger partial charge in [-0.15, -0.1) is 0 Å². The van der Waals surface area contributed by atoms with Crippen LogP contribution in [0.15, 0.2) is 59.5 Å². The highest BCUT2D eigenvalue weighted by Gasteiger charge is 2.27. The normalized spacial score (nSPS) is 12.3. The Kier molecular flexibility index (Phi) is 8.13. The Hall–Kier alpha value is -3.37. The maximum atomic E-state index is 12.9. The van der Waals surface area contributed by atoms with E-state index in [-0.39, 0.29) is 12.5 Å². The summed E-state index contributed by atoms with van der Waals surface area (Å²) in [5, 5.41) is 11.6. The molecular formula is C26H33N6O5P. The molecule has 4 heterocycles. The van der Waals surface area contributed by atoms with Gasteiger partial charge in [0.1, 0.15) is 18.2 Å². The highest BCUT2D eigenvalue weighted by atomic mass is 31.2. The number of carbonyl (C=O) groups is 1. The molecule has 0 saturated heterocycles. The zero-order valence-corrected chi connectivity index (χ0v) is 23.5. The summed E-state index contributed by atoms with van der Waals surface area (Å²) in [4.78, 5) is 17.3. The van der Waals surface area contributed by atoms with Crippen molar-refractivity contribution < 1.29 is 22.8 Å². The predicted octanol–water partition coefficient (Wildman–Crippen LogP) is 6.02. The van der Waals surface area contributed by atoms with Crippen LogP contribution >= 0.6 is 8.60 Å². The molecule has 12 heteroatoms. The van der Waals surface area contributed by atoms with E-state index in [2.05, 4.69) is 20.5 Å². The SMILES string of the molecule is Cn1cc(NC(=O)c2ccc(-c3cnn(COP(OC(C)(C)C)OC(C)(C)C)c3)o2)c(-c2ccccn2)n1. The van der Waals surface area contributed by atoms with Crippen molar-refractivity contribution in [3.05, 3.63) is 60.9 Å². The molecule has 4 aromatic rings. The van der Waals surface area contributed by atoms with Crippen LogP contribution in [-0.4, -0.2) is 41.7 Å². The number of amides is 1. The number of nitrogens with one attached hydrogen (secondary N) is 1. The molecule has 0 bridgehead atoms. The van der Waals surface area contributed by atoms with Crippen molar-refractivity contribution in [3.63, 3.8) is 0 Å². The molecule has 4 aromatic heterocycles. The maximum Gasteiger partial charge on any atom is 0.335 e. The second-order valence-corrected chi connectivity index (χ2v) is 11.6. The third-order valence-corrected chi connectivity index (χ3v) is 6.44. The largest absolute Gasteiger partial charge is 0.451 e. The van der Waals surface area contributed by atoms with Crippen molar-refractivity contribution in [2.45, 2.75) is 59.5 Å². The quantitative estimate of drug-likeness (QED) is 0.256. The summed E-state index contributed by atoms with van der Waals surface area (Å²) in [5.41, 5.74) is 1.60. The third kappa shape index (κ3) is 7.58. The third-order valence-electron chi connectivity index (χ3n) is 4.72. The fourth-order valence-electron chi connectivity index (χ4n) is 3.26. The van der Waals surface area contributed by atoms with Crippen molar-refractivity contribution in [3.8, 4) is 22.7 Å². The molecule has 0 radical (unpaired) electrons. The first-order chi connectivity index (χ1) is 17.9. The summed E-state index contributed by atoms with van der Waals surface area (Å²) in [6, 6.07) is 8.85. The van der Waals surface area contributed by atoms with Gasteiger partial charge in [0, 0.05) is 25.6 Å². The molecule has 1 amide bonds. The standard InChI is InChI=1S/C26H33N6O5P/c1-25(2,3)36-38(37-26(4,5)6)34-17-32-15-18(14-28-32)21-11-12-22(35-21)24(33)29-20-16-31(7)30-23(20)19-10-8-9-13-27-19/h8-16H,17H2,1-7H3,(H,29,33). The van der Waals surface area contributed by atoms with Gasteiger partial charge in [-0.2, -0.15) is 10.2 Å². The summed E-state index contributed by atoms with van der Waals surface area (Å²) in [6.45, 7) is 11.8. The number of pyridine rings is 1. The Morgan fingerprint density at radius 3 is 2.45 bits per heavy atom. The first kappa shape index (κ1) is 27.7. The van der Waals surface area contributed by atoms with Crippen molar-refractivity contribution in [1.82, 2.24) is 24.5 Å². The molecule has 0 saturated carbocycles. The highest BCUT2D eigenvalue weighted by molar-refractivity contribution is 7.41. The lowest BCUT2D eigenvalue weighted by molar-refractivity contribution is 0.0220. The molecule has 202 valence electrons. The number of hydrogen-bond donors (Lipinski definition) is 1. The number of carbonyl (C=O) groups excluding carboxylic acids is 1. The summed E-state index contributed by atoms with van der Waals surface area (Å²) in [5.74, 6) is 0.249. The smallest absolute Gasteiger partial charge is 0.335 e. The number of aromatic nitrogens is 5. The molecule has 0 aliphatic carbocycles. The lowest BCUT2D eigenvalue weighted by Crippen LogP contribution is -2.23. The van der Waals surface area contributed by atoms with Gasteiger partial charge >= 0.3 is 8.60 Å². The molecule has 0 aromatic carbocycles. The monoisotopic (exact) mass is 540 g/mol. The van der Waals surface area contributed by atoms with Gasteiger partial charge in [-0.1, -0.05) is 6.07 Å². The van der Waals surface area contributed by atoms with Crippen LogP contribution in [0.5, 0.6) is 0 Å². The van der Waals surface area contributed by atoms with Crippen LogP contribution in [0.25, 0.3) is 22.7 Å². The van der Waals surface area contributed by atoms with E-state index in [1.165, 1.54) is 0 Å². The second-order valence-electron chi connectivity index (χ2n) is 10.6. The summed E-state index contributed by atoms with van der Waals surface area (Å²) < 4.78 is 26.9. The van der Waals surface area contributed by atoms with E-state index in [9.17, 15) is 4.79 Å². The van der Waals surface area contributed by atoms with E-state index in [1.807, 2.05) is 59.7 Å². The molecular weight excluding hydrogens is 507 g/mol. The topological polar surface area (TPSA) is 118 Å². The van der Waals surface area contributed by atoms with Crippen molar-refractivity contribution in [2.75, 3.05) is 5.32 Å². The van der Waals surface area contributed by atoms with Crippen LogP contribution in [0.4, 0.5) is 5.69 Å². The molecule has 0 unspecified atom stereocenters. The molecule has 11 nitrogen and oxygen atoms in total. The number of anilines is 1. The fraction of sp³-hybridized carbons (Fsp3) is 0.385. The Morgan fingerprint density at radius 2 is 1.79 bits per heavy atom. The van der Waals surface area contributed by atoms with Gasteiger partial charge in [0.2, 0.25) is 0 Å². The Labute approximate surface area is 223 Å². The van der Waals surface area contributed by atoms with Crippen LogP contribution in [0.1, 0.15) is 52.1 Å². The van der Waals surface area contributed by atoms with E-state index in [1.54, 1.807) is 53.3 Å². The average Bonchev–Trinajstić information content (AvgIpc) is 3.56. The first-order valence-corrected chi connectivity index (χ1v) is 13.2. The summed E-state index contributed by atoms with van der Waals surface area (Å²) in [6.07, 6.45) is 6.80. The van der Waals surface area contributed by atoms with Crippen molar-refractivity contribution in [2.24, 2.45) is 7.05 Å². The molecule has 4 rings (SSSR count). The molecule has 38 heavy (non-hydrogen) atoms. The molecule has 0 atom stereocenters. The van der Waals surface area contributed by atoms with Gasteiger partial charge in [0.05, 0.1) is 34.3 Å². The molecule has 0 aliphatic heterocycles. The van der Waals surface area contributed by atoms with Gasteiger partial charge in [-0.3, -0.25) is 19.0 Å². The predicted molar refractivity (Wildman–Crippen MR) is 144 cm³/mol. The van der Waals surface area contributed by atoms with Crippen LogP contribution in [0.3, 0.4) is 0 Å². The minimum absolute atomic E-state index is 0.128. The number of aryl methyl sites for hydroxylation is 1. The number of rotatable bonds is 9. The van der Waals surface area contributed by atoms with Crippen molar-refractivity contribution >= 4 is 20.2 Å². The maximum absolute atomic E-state index is 12.9. The lowest BCUT2D eigenvalue weighted by Gasteiger charge is -2.30. The minimum atomic E-state index is -1.60. The van der Waals surface area contributed by atoms with E-state index < -0.39 is 25.7 Å². The van der Waals surface area contributed by atoms with Crippen LogP contribution in [-0.2, 0) is 27.3 Å². The Bertz CT molecular complexity index is 1350. The first-order valence-electron chi connectivity index (χ1n) is 12.1. The van der Waals surface area contributed by atoms with E-state index in [0.717, 1.165) is 0 Å². The molecule has 1 N–H and O–H groups in total. The summed E-state index contributed by atoms with van der Waals surface area (Å²) in [7, 11) is 0.179. The lowest BCUT2D eigenvalue weighted by atomic mass is 10.2. The average molecular weight is 541 g/mol. The van der Waals surface area contributed by atoms with E-state index >= 15 is 0 Å². The second kappa shape index (κ2) is 11.2. The van der Waals surface area contributed by atoms with Crippen molar-refractivity contribution in [1.29, 1.82) is 0 Å².